The highest BCUT2D eigenvalue weighted by Gasteiger charge is 2.44. The first-order chi connectivity index (χ1) is 7.53. The SMILES string of the molecule is Cc1cc(N2CC(F)(F)C2)nc(C2CC2)n1. The zero-order valence-corrected chi connectivity index (χ0v) is 9.08. The van der Waals surface area contributed by atoms with Gasteiger partial charge in [-0.3, -0.25) is 0 Å². The maximum atomic E-state index is 12.8. The van der Waals surface area contributed by atoms with E-state index < -0.39 is 5.92 Å². The molecule has 86 valence electrons. The summed E-state index contributed by atoms with van der Waals surface area (Å²) in [6.07, 6.45) is 2.25. The second-order valence-electron chi connectivity index (χ2n) is 4.71. The van der Waals surface area contributed by atoms with E-state index in [2.05, 4.69) is 9.97 Å². The fraction of sp³-hybridized carbons (Fsp3) is 0.636. The topological polar surface area (TPSA) is 29.0 Å². The van der Waals surface area contributed by atoms with Gasteiger partial charge in [0.15, 0.2) is 0 Å². The summed E-state index contributed by atoms with van der Waals surface area (Å²) >= 11 is 0. The second kappa shape index (κ2) is 3.12. The summed E-state index contributed by atoms with van der Waals surface area (Å²) in [4.78, 5) is 10.3. The Morgan fingerprint density at radius 1 is 1.31 bits per heavy atom. The number of halogens is 2. The molecule has 3 nitrogen and oxygen atoms in total. The number of hydrogen-bond donors (Lipinski definition) is 0. The molecule has 3 rings (SSSR count). The Morgan fingerprint density at radius 2 is 2.00 bits per heavy atom. The van der Waals surface area contributed by atoms with Crippen molar-refractivity contribution in [1.29, 1.82) is 0 Å². The van der Waals surface area contributed by atoms with Gasteiger partial charge in [-0.2, -0.15) is 0 Å². The summed E-state index contributed by atoms with van der Waals surface area (Å²) in [5.74, 6) is -0.607. The van der Waals surface area contributed by atoms with E-state index in [1.165, 1.54) is 0 Å². The van der Waals surface area contributed by atoms with Crippen LogP contribution in [0.2, 0.25) is 0 Å². The van der Waals surface area contributed by atoms with Crippen LogP contribution in [0.1, 0.15) is 30.3 Å². The molecule has 2 fully saturated rings. The summed E-state index contributed by atoms with van der Waals surface area (Å²) in [7, 11) is 0. The predicted molar refractivity (Wildman–Crippen MR) is 55.9 cm³/mol. The zero-order chi connectivity index (χ0) is 11.3. The minimum absolute atomic E-state index is 0.215. The number of hydrogen-bond acceptors (Lipinski definition) is 3. The van der Waals surface area contributed by atoms with Crippen molar-refractivity contribution < 1.29 is 8.78 Å². The molecule has 1 aliphatic heterocycles. The van der Waals surface area contributed by atoms with E-state index in [1.54, 1.807) is 11.0 Å². The van der Waals surface area contributed by atoms with Crippen molar-refractivity contribution in [2.45, 2.75) is 31.6 Å². The van der Waals surface area contributed by atoms with Crippen LogP contribution < -0.4 is 4.90 Å². The van der Waals surface area contributed by atoms with Crippen LogP contribution in [0.15, 0.2) is 6.07 Å². The van der Waals surface area contributed by atoms with Gasteiger partial charge in [0.1, 0.15) is 11.6 Å². The highest BCUT2D eigenvalue weighted by atomic mass is 19.3. The normalized spacial score (nSPS) is 23.1. The molecule has 2 heterocycles. The Balaban J connectivity index is 1.84. The maximum Gasteiger partial charge on any atom is 0.282 e. The van der Waals surface area contributed by atoms with Crippen molar-refractivity contribution in [2.24, 2.45) is 0 Å². The van der Waals surface area contributed by atoms with Crippen molar-refractivity contribution >= 4 is 5.82 Å². The van der Waals surface area contributed by atoms with Gasteiger partial charge in [-0.25, -0.2) is 18.7 Å². The highest BCUT2D eigenvalue weighted by molar-refractivity contribution is 5.44. The van der Waals surface area contributed by atoms with Gasteiger partial charge < -0.3 is 4.90 Å². The first-order valence-corrected chi connectivity index (χ1v) is 5.52. The van der Waals surface area contributed by atoms with Crippen molar-refractivity contribution in [1.82, 2.24) is 9.97 Å². The minimum atomic E-state index is -2.54. The van der Waals surface area contributed by atoms with Crippen LogP contribution in [-0.4, -0.2) is 29.0 Å². The van der Waals surface area contributed by atoms with Gasteiger partial charge in [0.2, 0.25) is 0 Å². The Kier molecular flexibility index (Phi) is 1.94. The monoisotopic (exact) mass is 225 g/mol. The second-order valence-corrected chi connectivity index (χ2v) is 4.71. The van der Waals surface area contributed by atoms with E-state index in [0.29, 0.717) is 11.7 Å². The lowest BCUT2D eigenvalue weighted by Gasteiger charge is -2.39. The van der Waals surface area contributed by atoms with Gasteiger partial charge in [0.25, 0.3) is 5.92 Å². The smallest absolute Gasteiger partial charge is 0.282 e. The summed E-state index contributed by atoms with van der Waals surface area (Å²) in [5.41, 5.74) is 0.863. The third-order valence-corrected chi connectivity index (χ3v) is 2.97. The van der Waals surface area contributed by atoms with Crippen molar-refractivity contribution in [3.05, 3.63) is 17.6 Å². The molecule has 1 aliphatic carbocycles. The number of nitrogens with zero attached hydrogens (tertiary/aromatic N) is 3. The molecule has 0 amide bonds. The van der Waals surface area contributed by atoms with Gasteiger partial charge in [0, 0.05) is 17.7 Å². The first kappa shape index (κ1) is 9.93. The van der Waals surface area contributed by atoms with Gasteiger partial charge in [-0.15, -0.1) is 0 Å². The van der Waals surface area contributed by atoms with Gasteiger partial charge >= 0.3 is 0 Å². The van der Waals surface area contributed by atoms with E-state index >= 15 is 0 Å². The molecular weight excluding hydrogens is 212 g/mol. The van der Waals surface area contributed by atoms with Crippen LogP contribution in [-0.2, 0) is 0 Å². The molecule has 1 saturated heterocycles. The average molecular weight is 225 g/mol. The third-order valence-electron chi connectivity index (χ3n) is 2.97. The molecule has 0 N–H and O–H groups in total. The van der Waals surface area contributed by atoms with Crippen LogP contribution in [0, 0.1) is 6.92 Å². The fourth-order valence-corrected chi connectivity index (χ4v) is 1.93. The average Bonchev–Trinajstić information content (AvgIpc) is 2.95. The quantitative estimate of drug-likeness (QED) is 0.772. The molecule has 16 heavy (non-hydrogen) atoms. The zero-order valence-electron chi connectivity index (χ0n) is 9.08. The molecule has 1 aromatic heterocycles. The van der Waals surface area contributed by atoms with E-state index in [1.807, 2.05) is 6.92 Å². The van der Waals surface area contributed by atoms with Crippen LogP contribution in [0.5, 0.6) is 0 Å². The Labute approximate surface area is 92.5 Å². The molecule has 2 aliphatic rings. The number of rotatable bonds is 2. The van der Waals surface area contributed by atoms with E-state index in [9.17, 15) is 8.78 Å². The minimum Gasteiger partial charge on any atom is -0.344 e. The highest BCUT2D eigenvalue weighted by Crippen LogP contribution is 2.39. The Morgan fingerprint density at radius 3 is 2.56 bits per heavy atom. The molecule has 0 spiro atoms. The van der Waals surface area contributed by atoms with Crippen LogP contribution in [0.4, 0.5) is 14.6 Å². The van der Waals surface area contributed by atoms with Crippen molar-refractivity contribution in [3.63, 3.8) is 0 Å². The first-order valence-electron chi connectivity index (χ1n) is 5.52. The predicted octanol–water partition coefficient (Wildman–Crippen LogP) is 2.12. The molecule has 5 heteroatoms. The van der Waals surface area contributed by atoms with Gasteiger partial charge in [0.05, 0.1) is 13.1 Å². The van der Waals surface area contributed by atoms with Crippen molar-refractivity contribution in [2.75, 3.05) is 18.0 Å². The summed E-state index contributed by atoms with van der Waals surface area (Å²) < 4.78 is 25.5. The third kappa shape index (κ3) is 1.74. The summed E-state index contributed by atoms with van der Waals surface area (Å²) in [6, 6.07) is 1.78. The number of aromatic nitrogens is 2. The standard InChI is InChI=1S/C11H13F2N3/c1-7-4-9(16-5-11(12,13)6-16)15-10(14-7)8-2-3-8/h4,8H,2-3,5-6H2,1H3. The molecular formula is C11H13F2N3. The summed E-state index contributed by atoms with van der Waals surface area (Å²) in [5, 5.41) is 0. The van der Waals surface area contributed by atoms with Crippen LogP contribution >= 0.6 is 0 Å². The molecule has 0 radical (unpaired) electrons. The van der Waals surface area contributed by atoms with Crippen LogP contribution in [0.3, 0.4) is 0 Å². The van der Waals surface area contributed by atoms with Crippen molar-refractivity contribution in [3.8, 4) is 0 Å². The lowest BCUT2D eigenvalue weighted by Crippen LogP contribution is -2.56. The molecule has 0 aromatic carbocycles. The number of anilines is 1. The largest absolute Gasteiger partial charge is 0.344 e. The number of alkyl halides is 2. The molecule has 0 atom stereocenters. The summed E-state index contributed by atoms with van der Waals surface area (Å²) in [6.45, 7) is 1.45. The Hall–Kier alpha value is -1.26. The van der Waals surface area contributed by atoms with E-state index in [4.69, 9.17) is 0 Å². The Bertz CT molecular complexity index is 421. The van der Waals surface area contributed by atoms with E-state index in [-0.39, 0.29) is 13.1 Å². The van der Waals surface area contributed by atoms with Gasteiger partial charge in [-0.05, 0) is 19.8 Å². The molecule has 1 saturated carbocycles. The molecule has 0 bridgehead atoms. The van der Waals surface area contributed by atoms with Crippen LogP contribution in [0.25, 0.3) is 0 Å². The maximum absolute atomic E-state index is 12.8. The van der Waals surface area contributed by atoms with E-state index in [0.717, 1.165) is 24.4 Å². The number of aryl methyl sites for hydroxylation is 1. The molecule has 1 aromatic rings. The lowest BCUT2D eigenvalue weighted by atomic mass is 10.1. The molecule has 0 unspecified atom stereocenters. The van der Waals surface area contributed by atoms with Gasteiger partial charge in [-0.1, -0.05) is 0 Å². The fourth-order valence-electron chi connectivity index (χ4n) is 1.93. The lowest BCUT2D eigenvalue weighted by molar-refractivity contribution is -0.0267.